The molecule has 0 aromatic heterocycles. The van der Waals surface area contributed by atoms with Crippen molar-refractivity contribution < 1.29 is 9.72 Å². The number of halogens is 1. The van der Waals surface area contributed by atoms with Crippen molar-refractivity contribution in [1.82, 2.24) is 4.90 Å². The molecule has 3 rings (SSSR count). The number of carbonyl (C=O) groups is 1. The van der Waals surface area contributed by atoms with E-state index >= 15 is 0 Å². The molecule has 0 unspecified atom stereocenters. The Hall–Kier alpha value is -2.86. The van der Waals surface area contributed by atoms with Crippen LogP contribution in [0.4, 0.5) is 11.4 Å². The standard InChI is InChI=1S/C20H20ClN3O3/c1-15-6-8-17(21)14-19(15)22-10-12-23(13-11-22)20(25)9-7-16-4-2-3-5-18(16)24(26)27/h2-9,14H,10-13H2,1H3/b9-7+. The molecule has 1 fully saturated rings. The zero-order chi connectivity index (χ0) is 19.4. The number of para-hydroxylation sites is 1. The summed E-state index contributed by atoms with van der Waals surface area (Å²) in [7, 11) is 0. The molecule has 2 aromatic rings. The third-order valence-electron chi connectivity index (χ3n) is 4.64. The van der Waals surface area contributed by atoms with Crippen molar-refractivity contribution in [2.75, 3.05) is 31.1 Å². The van der Waals surface area contributed by atoms with Crippen molar-refractivity contribution in [1.29, 1.82) is 0 Å². The highest BCUT2D eigenvalue weighted by Crippen LogP contribution is 2.25. The summed E-state index contributed by atoms with van der Waals surface area (Å²) in [6, 6.07) is 12.2. The van der Waals surface area contributed by atoms with Gasteiger partial charge in [-0.25, -0.2) is 0 Å². The van der Waals surface area contributed by atoms with E-state index in [2.05, 4.69) is 4.90 Å². The lowest BCUT2D eigenvalue weighted by molar-refractivity contribution is -0.385. The van der Waals surface area contributed by atoms with Crippen LogP contribution in [-0.2, 0) is 4.79 Å². The maximum absolute atomic E-state index is 12.4. The zero-order valence-electron chi connectivity index (χ0n) is 15.0. The molecule has 0 atom stereocenters. The summed E-state index contributed by atoms with van der Waals surface area (Å²) in [6.07, 6.45) is 2.91. The van der Waals surface area contributed by atoms with Gasteiger partial charge < -0.3 is 9.80 Å². The second-order valence-electron chi connectivity index (χ2n) is 6.39. The molecule has 0 spiro atoms. The Morgan fingerprint density at radius 2 is 1.85 bits per heavy atom. The molecule has 7 heteroatoms. The lowest BCUT2D eigenvalue weighted by atomic mass is 10.1. The molecule has 0 bridgehead atoms. The molecular formula is C20H20ClN3O3. The van der Waals surface area contributed by atoms with Crippen LogP contribution in [0.1, 0.15) is 11.1 Å². The van der Waals surface area contributed by atoms with E-state index in [1.807, 2.05) is 25.1 Å². The van der Waals surface area contributed by atoms with Crippen LogP contribution in [0.15, 0.2) is 48.5 Å². The summed E-state index contributed by atoms with van der Waals surface area (Å²) in [4.78, 5) is 27.0. The molecule has 6 nitrogen and oxygen atoms in total. The van der Waals surface area contributed by atoms with E-state index in [4.69, 9.17) is 11.6 Å². The monoisotopic (exact) mass is 385 g/mol. The van der Waals surface area contributed by atoms with Crippen molar-refractivity contribution in [3.63, 3.8) is 0 Å². The Morgan fingerprint density at radius 1 is 1.15 bits per heavy atom. The summed E-state index contributed by atoms with van der Waals surface area (Å²) < 4.78 is 0. The minimum atomic E-state index is -0.448. The number of piperazine rings is 1. The summed E-state index contributed by atoms with van der Waals surface area (Å²) >= 11 is 6.10. The van der Waals surface area contributed by atoms with Gasteiger partial charge in [0.05, 0.1) is 10.5 Å². The molecule has 2 aromatic carbocycles. The summed E-state index contributed by atoms with van der Waals surface area (Å²) in [5.74, 6) is -0.143. The second kappa shape index (κ2) is 8.22. The molecule has 0 saturated carbocycles. The SMILES string of the molecule is Cc1ccc(Cl)cc1N1CCN(C(=O)/C=C/c2ccccc2[N+](=O)[O-])CC1. The largest absolute Gasteiger partial charge is 0.368 e. The number of nitro groups is 1. The lowest BCUT2D eigenvalue weighted by Gasteiger charge is -2.36. The fourth-order valence-electron chi connectivity index (χ4n) is 3.15. The Labute approximate surface area is 162 Å². The second-order valence-corrected chi connectivity index (χ2v) is 6.83. The highest BCUT2D eigenvalue weighted by atomic mass is 35.5. The van der Waals surface area contributed by atoms with E-state index < -0.39 is 4.92 Å². The van der Waals surface area contributed by atoms with Crippen LogP contribution in [-0.4, -0.2) is 41.9 Å². The number of hydrogen-bond acceptors (Lipinski definition) is 4. The van der Waals surface area contributed by atoms with Crippen LogP contribution < -0.4 is 4.90 Å². The predicted octanol–water partition coefficient (Wildman–Crippen LogP) is 3.92. The number of nitro benzene ring substituents is 1. The number of benzene rings is 2. The van der Waals surface area contributed by atoms with Gasteiger partial charge in [-0.1, -0.05) is 29.8 Å². The minimum Gasteiger partial charge on any atom is -0.368 e. The average Bonchev–Trinajstić information content (AvgIpc) is 2.68. The third kappa shape index (κ3) is 4.46. The van der Waals surface area contributed by atoms with Gasteiger partial charge in [-0.15, -0.1) is 0 Å². The Kier molecular flexibility index (Phi) is 5.76. The molecule has 0 N–H and O–H groups in total. The quantitative estimate of drug-likeness (QED) is 0.454. The van der Waals surface area contributed by atoms with E-state index in [9.17, 15) is 14.9 Å². The number of rotatable bonds is 4. The summed E-state index contributed by atoms with van der Waals surface area (Å²) in [5.41, 5.74) is 2.65. The average molecular weight is 386 g/mol. The summed E-state index contributed by atoms with van der Waals surface area (Å²) in [5, 5.41) is 11.7. The fourth-order valence-corrected chi connectivity index (χ4v) is 3.32. The van der Waals surface area contributed by atoms with Crippen molar-refractivity contribution in [3.8, 4) is 0 Å². The lowest BCUT2D eigenvalue weighted by Crippen LogP contribution is -2.48. The maximum Gasteiger partial charge on any atom is 0.276 e. The Morgan fingerprint density at radius 3 is 2.56 bits per heavy atom. The number of nitrogens with zero attached hydrogens (tertiary/aromatic N) is 3. The van der Waals surface area contributed by atoms with E-state index in [-0.39, 0.29) is 11.6 Å². The zero-order valence-corrected chi connectivity index (χ0v) is 15.7. The number of aryl methyl sites for hydroxylation is 1. The molecule has 1 heterocycles. The van der Waals surface area contributed by atoms with E-state index in [1.165, 1.54) is 18.2 Å². The van der Waals surface area contributed by atoms with Crippen molar-refractivity contribution >= 4 is 35.0 Å². The highest BCUT2D eigenvalue weighted by Gasteiger charge is 2.21. The molecule has 140 valence electrons. The molecule has 1 amide bonds. The van der Waals surface area contributed by atoms with Gasteiger partial charge in [-0.2, -0.15) is 0 Å². The Bertz CT molecular complexity index is 890. The van der Waals surface area contributed by atoms with Crippen molar-refractivity contribution in [2.24, 2.45) is 0 Å². The van der Waals surface area contributed by atoms with E-state index in [0.717, 1.165) is 11.3 Å². The smallest absolute Gasteiger partial charge is 0.276 e. The van der Waals surface area contributed by atoms with Gasteiger partial charge in [0.1, 0.15) is 0 Å². The molecule has 1 aliphatic rings. The van der Waals surface area contributed by atoms with Crippen LogP contribution in [0.25, 0.3) is 6.08 Å². The first-order valence-electron chi connectivity index (χ1n) is 8.67. The fraction of sp³-hybridized carbons (Fsp3) is 0.250. The van der Waals surface area contributed by atoms with Gasteiger partial charge >= 0.3 is 0 Å². The Balaban J connectivity index is 1.64. The predicted molar refractivity (Wildman–Crippen MR) is 107 cm³/mol. The van der Waals surface area contributed by atoms with Crippen LogP contribution in [0, 0.1) is 17.0 Å². The topological polar surface area (TPSA) is 66.7 Å². The van der Waals surface area contributed by atoms with Gasteiger partial charge in [0, 0.05) is 49.0 Å². The molecule has 27 heavy (non-hydrogen) atoms. The van der Waals surface area contributed by atoms with Gasteiger partial charge in [0.15, 0.2) is 0 Å². The molecule has 0 radical (unpaired) electrons. The molecule has 0 aliphatic carbocycles. The van der Waals surface area contributed by atoms with Crippen LogP contribution in [0.5, 0.6) is 0 Å². The van der Waals surface area contributed by atoms with E-state index in [1.54, 1.807) is 23.1 Å². The first kappa shape index (κ1) is 18.9. The number of hydrogen-bond donors (Lipinski definition) is 0. The first-order chi connectivity index (χ1) is 13.0. The van der Waals surface area contributed by atoms with E-state index in [0.29, 0.717) is 36.8 Å². The van der Waals surface area contributed by atoms with Crippen LogP contribution >= 0.6 is 11.6 Å². The first-order valence-corrected chi connectivity index (χ1v) is 9.05. The van der Waals surface area contributed by atoms with Crippen LogP contribution in [0.2, 0.25) is 5.02 Å². The minimum absolute atomic E-state index is 0.0113. The highest BCUT2D eigenvalue weighted by molar-refractivity contribution is 6.30. The van der Waals surface area contributed by atoms with Gasteiger partial charge in [0.25, 0.3) is 5.69 Å². The van der Waals surface area contributed by atoms with Gasteiger partial charge in [-0.05, 0) is 36.8 Å². The van der Waals surface area contributed by atoms with Gasteiger partial charge in [0.2, 0.25) is 5.91 Å². The normalized spacial score (nSPS) is 14.6. The molecule has 1 aliphatic heterocycles. The number of amides is 1. The molecular weight excluding hydrogens is 366 g/mol. The third-order valence-corrected chi connectivity index (χ3v) is 4.88. The van der Waals surface area contributed by atoms with Gasteiger partial charge in [-0.3, -0.25) is 14.9 Å². The van der Waals surface area contributed by atoms with Crippen LogP contribution in [0.3, 0.4) is 0 Å². The maximum atomic E-state index is 12.4. The molecule has 1 saturated heterocycles. The van der Waals surface area contributed by atoms with Crippen molar-refractivity contribution in [2.45, 2.75) is 6.92 Å². The number of anilines is 1. The number of carbonyl (C=O) groups excluding carboxylic acids is 1. The van der Waals surface area contributed by atoms with Crippen molar-refractivity contribution in [3.05, 3.63) is 74.8 Å². The summed E-state index contributed by atoms with van der Waals surface area (Å²) in [6.45, 7) is 4.65.